The molecule has 0 spiro atoms. The van der Waals surface area contributed by atoms with Crippen molar-refractivity contribution >= 4 is 16.7 Å². The van der Waals surface area contributed by atoms with Crippen molar-refractivity contribution in [2.24, 2.45) is 11.8 Å². The zero-order valence-corrected chi connectivity index (χ0v) is 19.4. The Balaban J connectivity index is 1.60. The van der Waals surface area contributed by atoms with E-state index in [0.29, 0.717) is 11.7 Å². The van der Waals surface area contributed by atoms with Crippen LogP contribution in [-0.2, 0) is 16.6 Å². The van der Waals surface area contributed by atoms with E-state index in [1.165, 1.54) is 6.42 Å². The number of benzene rings is 1. The van der Waals surface area contributed by atoms with E-state index in [0.717, 1.165) is 53.4 Å². The molecule has 3 aliphatic rings. The molecule has 0 amide bonds. The average Bonchev–Trinajstić information content (AvgIpc) is 2.83. The number of allylic oxidation sites excluding steroid dienone is 2. The summed E-state index contributed by atoms with van der Waals surface area (Å²) in [5, 5.41) is 10.7. The van der Waals surface area contributed by atoms with Crippen molar-refractivity contribution in [1.82, 2.24) is 15.0 Å². The molecule has 0 aliphatic heterocycles. The van der Waals surface area contributed by atoms with Crippen LogP contribution in [0.15, 0.2) is 48.2 Å². The smallest absolute Gasteiger partial charge is 0.220 e. The molecule has 0 radical (unpaired) electrons. The van der Waals surface area contributed by atoms with Gasteiger partial charge in [0.2, 0.25) is 5.88 Å². The largest absolute Gasteiger partial charge is 0.474 e. The van der Waals surface area contributed by atoms with Crippen molar-refractivity contribution in [2.45, 2.75) is 57.5 Å². The van der Waals surface area contributed by atoms with Gasteiger partial charge < -0.3 is 4.74 Å². The lowest BCUT2D eigenvalue weighted by atomic mass is 9.58. The number of Topliss-reactive ketones (excluding diaryl/α,β-unsaturated/α-hetero) is 1. The predicted octanol–water partition coefficient (Wildman–Crippen LogP) is 5.11. The molecule has 2 heterocycles. The van der Waals surface area contributed by atoms with Crippen molar-refractivity contribution in [3.63, 3.8) is 0 Å². The lowest BCUT2D eigenvalue weighted by molar-refractivity contribution is -0.121. The van der Waals surface area contributed by atoms with E-state index in [1.807, 2.05) is 43.3 Å². The number of aromatic nitrogens is 3. The molecule has 0 saturated heterocycles. The third-order valence-corrected chi connectivity index (χ3v) is 8.02. The highest BCUT2D eigenvalue weighted by Crippen LogP contribution is 2.51. The van der Waals surface area contributed by atoms with E-state index in [-0.39, 0.29) is 29.3 Å². The van der Waals surface area contributed by atoms with Crippen molar-refractivity contribution in [1.29, 1.82) is 5.26 Å². The Labute approximate surface area is 198 Å². The summed E-state index contributed by atoms with van der Waals surface area (Å²) in [5.74, 6) is 1.05. The molecular formula is C28H26N4O2. The average molecular weight is 451 g/mol. The number of rotatable bonds is 3. The van der Waals surface area contributed by atoms with Gasteiger partial charge in [0.15, 0.2) is 11.6 Å². The minimum Gasteiger partial charge on any atom is -0.474 e. The maximum Gasteiger partial charge on any atom is 0.220 e. The molecule has 6 rings (SSSR count). The molecule has 0 bridgehead atoms. The Kier molecular flexibility index (Phi) is 4.77. The van der Waals surface area contributed by atoms with Gasteiger partial charge in [-0.1, -0.05) is 38.1 Å². The van der Waals surface area contributed by atoms with Gasteiger partial charge in [-0.3, -0.25) is 9.78 Å². The number of nitrogens with zero attached hydrogens (tertiary/aromatic N) is 4. The van der Waals surface area contributed by atoms with Crippen LogP contribution in [0.4, 0.5) is 0 Å². The molecule has 1 aromatic carbocycles. The van der Waals surface area contributed by atoms with Crippen molar-refractivity contribution < 1.29 is 9.53 Å². The molecule has 0 N–H and O–H groups in total. The lowest BCUT2D eigenvalue weighted by Crippen LogP contribution is -2.46. The standard InChI is InChI=1S/C28H26N4O2/c1-16-22-11-10-21-25(28(22,2)14-17(15-29)24(16)33)31-26(32-27(21)34-18-6-5-7-18)20-12-13-30-23-9-4-3-8-19(20)23/h3-4,8-9,12-14,16,18,22H,5-7,10-11H2,1-2H3/t16?,22?,28-/m1/s1. The molecular weight excluding hydrogens is 424 g/mol. The summed E-state index contributed by atoms with van der Waals surface area (Å²) < 4.78 is 6.43. The molecule has 3 atom stereocenters. The fourth-order valence-electron chi connectivity index (χ4n) is 5.90. The molecule has 3 aromatic rings. The Morgan fingerprint density at radius 2 is 1.97 bits per heavy atom. The first-order chi connectivity index (χ1) is 16.5. The van der Waals surface area contributed by atoms with Crippen LogP contribution in [-0.4, -0.2) is 26.8 Å². The van der Waals surface area contributed by atoms with E-state index < -0.39 is 5.41 Å². The summed E-state index contributed by atoms with van der Waals surface area (Å²) in [6, 6.07) is 12.1. The van der Waals surface area contributed by atoms with Gasteiger partial charge >= 0.3 is 0 Å². The summed E-state index contributed by atoms with van der Waals surface area (Å²) in [5.41, 5.74) is 3.39. The fraction of sp³-hybridized carbons (Fsp3) is 0.393. The van der Waals surface area contributed by atoms with Crippen LogP contribution >= 0.6 is 0 Å². The number of carbonyl (C=O) groups excluding carboxylic acids is 1. The van der Waals surface area contributed by atoms with Crippen LogP contribution in [0.5, 0.6) is 5.88 Å². The van der Waals surface area contributed by atoms with Crippen molar-refractivity contribution in [3.05, 3.63) is 59.4 Å². The Morgan fingerprint density at radius 1 is 1.15 bits per heavy atom. The lowest BCUT2D eigenvalue weighted by Gasteiger charge is -2.45. The molecule has 170 valence electrons. The SMILES string of the molecule is CC1C(=O)C(C#N)=C[C@@]2(C)c3nc(-c4ccnc5ccccc45)nc(OC4CCC4)c3CCC12. The van der Waals surface area contributed by atoms with Crippen LogP contribution in [0.1, 0.15) is 50.8 Å². The fourth-order valence-corrected chi connectivity index (χ4v) is 5.90. The van der Waals surface area contributed by atoms with Gasteiger partial charge in [-0.25, -0.2) is 4.98 Å². The number of ether oxygens (including phenoxy) is 1. The summed E-state index contributed by atoms with van der Waals surface area (Å²) in [4.78, 5) is 27.4. The number of nitriles is 1. The molecule has 1 saturated carbocycles. The Bertz CT molecular complexity index is 1400. The number of ketones is 1. The molecule has 6 heteroatoms. The quantitative estimate of drug-likeness (QED) is 0.551. The molecule has 3 aliphatic carbocycles. The number of pyridine rings is 1. The topological polar surface area (TPSA) is 88.8 Å². The minimum absolute atomic E-state index is 0.0613. The second-order valence-electron chi connectivity index (χ2n) is 9.98. The van der Waals surface area contributed by atoms with Crippen LogP contribution in [0, 0.1) is 23.2 Å². The second-order valence-corrected chi connectivity index (χ2v) is 9.98. The number of hydrogen-bond acceptors (Lipinski definition) is 6. The summed E-state index contributed by atoms with van der Waals surface area (Å²) in [6.45, 7) is 4.06. The molecule has 1 fully saturated rings. The van der Waals surface area contributed by atoms with Crippen molar-refractivity contribution in [2.75, 3.05) is 0 Å². The number of carbonyl (C=O) groups is 1. The Morgan fingerprint density at radius 3 is 2.74 bits per heavy atom. The Hall–Kier alpha value is -3.59. The van der Waals surface area contributed by atoms with Gasteiger partial charge in [0.1, 0.15) is 12.2 Å². The van der Waals surface area contributed by atoms with E-state index in [4.69, 9.17) is 14.7 Å². The van der Waals surface area contributed by atoms with Gasteiger partial charge in [-0.2, -0.15) is 10.2 Å². The molecule has 34 heavy (non-hydrogen) atoms. The first-order valence-electron chi connectivity index (χ1n) is 12.1. The van der Waals surface area contributed by atoms with Gasteiger partial charge in [0, 0.05) is 34.0 Å². The summed E-state index contributed by atoms with van der Waals surface area (Å²) in [6.07, 6.45) is 8.68. The number of para-hydroxylation sites is 1. The van der Waals surface area contributed by atoms with E-state index in [1.54, 1.807) is 6.20 Å². The normalized spacial score (nSPS) is 26.1. The first kappa shape index (κ1) is 21.0. The third-order valence-electron chi connectivity index (χ3n) is 8.02. The zero-order chi connectivity index (χ0) is 23.4. The minimum atomic E-state index is -0.537. The van der Waals surface area contributed by atoms with Gasteiger partial charge in [-0.15, -0.1) is 0 Å². The second kappa shape index (κ2) is 7.73. The maximum absolute atomic E-state index is 12.8. The molecule has 2 aromatic heterocycles. The predicted molar refractivity (Wildman–Crippen MR) is 128 cm³/mol. The highest BCUT2D eigenvalue weighted by atomic mass is 16.5. The highest BCUT2D eigenvalue weighted by Gasteiger charge is 2.50. The monoisotopic (exact) mass is 450 g/mol. The molecule has 6 nitrogen and oxygen atoms in total. The van der Waals surface area contributed by atoms with Gasteiger partial charge in [-0.05, 0) is 50.2 Å². The maximum atomic E-state index is 12.8. The third kappa shape index (κ3) is 3.07. The van der Waals surface area contributed by atoms with E-state index in [9.17, 15) is 10.1 Å². The number of hydrogen-bond donors (Lipinski definition) is 0. The molecule has 2 unspecified atom stereocenters. The summed E-state index contributed by atoms with van der Waals surface area (Å²) >= 11 is 0. The van der Waals surface area contributed by atoms with Crippen LogP contribution in [0.3, 0.4) is 0 Å². The van der Waals surface area contributed by atoms with Crippen LogP contribution < -0.4 is 4.74 Å². The summed E-state index contributed by atoms with van der Waals surface area (Å²) in [7, 11) is 0. The van der Waals surface area contributed by atoms with Gasteiger partial charge in [0.25, 0.3) is 0 Å². The van der Waals surface area contributed by atoms with Crippen LogP contribution in [0.25, 0.3) is 22.3 Å². The first-order valence-corrected chi connectivity index (χ1v) is 12.1. The number of fused-ring (bicyclic) bond motifs is 4. The van der Waals surface area contributed by atoms with Crippen LogP contribution in [0.2, 0.25) is 0 Å². The van der Waals surface area contributed by atoms with Crippen molar-refractivity contribution in [3.8, 4) is 23.3 Å². The zero-order valence-electron chi connectivity index (χ0n) is 19.4. The highest BCUT2D eigenvalue weighted by molar-refractivity contribution is 6.02. The van der Waals surface area contributed by atoms with E-state index >= 15 is 0 Å². The van der Waals surface area contributed by atoms with Gasteiger partial charge in [0.05, 0.1) is 16.8 Å². The van der Waals surface area contributed by atoms with E-state index in [2.05, 4.69) is 18.0 Å².